The Kier molecular flexibility index (Phi) is 4.71. The predicted octanol–water partition coefficient (Wildman–Crippen LogP) is 2.37. The number of carboxylic acid groups (broad SMARTS) is 1. The van der Waals surface area contributed by atoms with Gasteiger partial charge in [-0.1, -0.05) is 6.92 Å². The Labute approximate surface area is 144 Å². The summed E-state index contributed by atoms with van der Waals surface area (Å²) >= 11 is 1.49. The summed E-state index contributed by atoms with van der Waals surface area (Å²) in [4.78, 5) is 27.9. The van der Waals surface area contributed by atoms with E-state index in [2.05, 4.69) is 12.0 Å². The number of aliphatic carboxylic acids is 1. The highest BCUT2D eigenvalue weighted by Crippen LogP contribution is 2.32. The maximum Gasteiger partial charge on any atom is 0.308 e. The van der Waals surface area contributed by atoms with Gasteiger partial charge < -0.3 is 10.0 Å². The summed E-state index contributed by atoms with van der Waals surface area (Å²) in [5.41, 5.74) is 0.988. The van der Waals surface area contributed by atoms with E-state index in [0.29, 0.717) is 17.8 Å². The van der Waals surface area contributed by atoms with Crippen LogP contribution in [0.15, 0.2) is 24.5 Å². The zero-order chi connectivity index (χ0) is 17.3. The van der Waals surface area contributed by atoms with Crippen molar-refractivity contribution in [2.45, 2.75) is 25.7 Å². The van der Waals surface area contributed by atoms with Crippen LogP contribution in [0.4, 0.5) is 0 Å². The Morgan fingerprint density at radius 3 is 2.75 bits per heavy atom. The van der Waals surface area contributed by atoms with Crippen molar-refractivity contribution in [2.75, 3.05) is 13.1 Å². The maximum absolute atomic E-state index is 12.8. The van der Waals surface area contributed by atoms with Crippen molar-refractivity contribution in [2.24, 2.45) is 13.0 Å². The first-order valence-corrected chi connectivity index (χ1v) is 8.89. The lowest BCUT2D eigenvalue weighted by Gasteiger charge is -2.35. The molecule has 6 nitrogen and oxygen atoms in total. The number of carboxylic acids is 1. The normalized spacial score (nSPS) is 21.0. The highest BCUT2D eigenvalue weighted by atomic mass is 32.1. The van der Waals surface area contributed by atoms with Crippen LogP contribution in [-0.4, -0.2) is 44.8 Å². The number of carbonyl (C=O) groups is 2. The standard InChI is InChI=1S/C17H21N3O3S/c1-3-14-4-5-15(24-14)16(21)20-9-11(6-12(10-20)17(22)23)13-7-18-19(2)8-13/h4-5,7-8,11-12H,3,6,9-10H2,1-2H3,(H,22,23). The first kappa shape index (κ1) is 16.7. The smallest absolute Gasteiger partial charge is 0.308 e. The molecule has 2 atom stereocenters. The van der Waals surface area contributed by atoms with Crippen molar-refractivity contribution in [3.05, 3.63) is 39.8 Å². The third-order valence-electron chi connectivity index (χ3n) is 4.50. The summed E-state index contributed by atoms with van der Waals surface area (Å²) in [6.07, 6.45) is 5.10. The molecule has 0 aliphatic carbocycles. The van der Waals surface area contributed by atoms with Gasteiger partial charge in [0.15, 0.2) is 0 Å². The predicted molar refractivity (Wildman–Crippen MR) is 91.3 cm³/mol. The van der Waals surface area contributed by atoms with Gasteiger partial charge in [-0.25, -0.2) is 0 Å². The number of piperidine rings is 1. The largest absolute Gasteiger partial charge is 0.481 e. The maximum atomic E-state index is 12.8. The summed E-state index contributed by atoms with van der Waals surface area (Å²) in [5, 5.41) is 13.6. The zero-order valence-electron chi connectivity index (χ0n) is 13.8. The molecule has 7 heteroatoms. The molecule has 0 radical (unpaired) electrons. The van der Waals surface area contributed by atoms with Crippen LogP contribution in [0.5, 0.6) is 0 Å². The molecule has 3 heterocycles. The van der Waals surface area contributed by atoms with Gasteiger partial charge in [0.1, 0.15) is 0 Å². The fraction of sp³-hybridized carbons (Fsp3) is 0.471. The fourth-order valence-corrected chi connectivity index (χ4v) is 4.09. The molecule has 2 unspecified atom stereocenters. The van der Waals surface area contributed by atoms with Crippen LogP contribution >= 0.6 is 11.3 Å². The van der Waals surface area contributed by atoms with Gasteiger partial charge in [0.2, 0.25) is 0 Å². The van der Waals surface area contributed by atoms with Gasteiger partial charge in [-0.2, -0.15) is 5.10 Å². The second-order valence-electron chi connectivity index (χ2n) is 6.24. The van der Waals surface area contributed by atoms with E-state index in [1.54, 1.807) is 15.8 Å². The number of carbonyl (C=O) groups excluding carboxylic acids is 1. The van der Waals surface area contributed by atoms with Crippen molar-refractivity contribution in [3.8, 4) is 0 Å². The van der Waals surface area contributed by atoms with E-state index in [9.17, 15) is 14.7 Å². The van der Waals surface area contributed by atoms with Gasteiger partial charge in [-0.3, -0.25) is 14.3 Å². The molecule has 3 rings (SSSR count). The first-order chi connectivity index (χ1) is 11.5. The van der Waals surface area contributed by atoms with Crippen molar-refractivity contribution < 1.29 is 14.7 Å². The molecular weight excluding hydrogens is 326 g/mol. The molecule has 1 N–H and O–H groups in total. The molecule has 24 heavy (non-hydrogen) atoms. The molecule has 1 aliphatic heterocycles. The van der Waals surface area contributed by atoms with Crippen molar-refractivity contribution in [3.63, 3.8) is 0 Å². The highest BCUT2D eigenvalue weighted by molar-refractivity contribution is 7.14. The lowest BCUT2D eigenvalue weighted by Crippen LogP contribution is -2.45. The third-order valence-corrected chi connectivity index (χ3v) is 5.72. The molecule has 2 aromatic rings. The number of rotatable bonds is 4. The minimum atomic E-state index is -0.846. The molecule has 0 saturated carbocycles. The highest BCUT2D eigenvalue weighted by Gasteiger charge is 2.35. The van der Waals surface area contributed by atoms with Gasteiger partial charge >= 0.3 is 5.97 Å². The average molecular weight is 347 g/mol. The number of aromatic nitrogens is 2. The third kappa shape index (κ3) is 3.36. The van der Waals surface area contributed by atoms with E-state index in [1.165, 1.54) is 11.3 Å². The lowest BCUT2D eigenvalue weighted by molar-refractivity contribution is -0.143. The summed E-state index contributed by atoms with van der Waals surface area (Å²) in [6.45, 7) is 2.86. The number of thiophene rings is 1. The molecule has 128 valence electrons. The molecular formula is C17H21N3O3S. The minimum absolute atomic E-state index is 0.00288. The number of hydrogen-bond acceptors (Lipinski definition) is 4. The minimum Gasteiger partial charge on any atom is -0.481 e. The van der Waals surface area contributed by atoms with Crippen LogP contribution < -0.4 is 0 Å². The topological polar surface area (TPSA) is 75.4 Å². The molecule has 2 aromatic heterocycles. The second kappa shape index (κ2) is 6.76. The van der Waals surface area contributed by atoms with E-state index in [0.717, 1.165) is 16.9 Å². The molecule has 0 aromatic carbocycles. The van der Waals surface area contributed by atoms with E-state index >= 15 is 0 Å². The van der Waals surface area contributed by atoms with E-state index < -0.39 is 11.9 Å². The van der Waals surface area contributed by atoms with E-state index in [4.69, 9.17) is 0 Å². The van der Waals surface area contributed by atoms with Crippen LogP contribution in [0.1, 0.15) is 39.4 Å². The summed E-state index contributed by atoms with van der Waals surface area (Å²) < 4.78 is 1.71. The Morgan fingerprint density at radius 1 is 1.38 bits per heavy atom. The summed E-state index contributed by atoms with van der Waals surface area (Å²) in [6, 6.07) is 3.81. The van der Waals surface area contributed by atoms with E-state index in [-0.39, 0.29) is 18.4 Å². The Morgan fingerprint density at radius 2 is 2.17 bits per heavy atom. The Balaban J connectivity index is 1.83. The van der Waals surface area contributed by atoms with Gasteiger partial charge in [-0.05, 0) is 30.5 Å². The van der Waals surface area contributed by atoms with E-state index in [1.807, 2.05) is 25.4 Å². The lowest BCUT2D eigenvalue weighted by atomic mass is 9.85. The summed E-state index contributed by atoms with van der Waals surface area (Å²) in [5.74, 6) is -1.46. The average Bonchev–Trinajstić information content (AvgIpc) is 3.22. The number of nitrogens with zero attached hydrogens (tertiary/aromatic N) is 3. The number of aryl methyl sites for hydroxylation is 2. The summed E-state index contributed by atoms with van der Waals surface area (Å²) in [7, 11) is 1.84. The Hall–Kier alpha value is -2.15. The number of likely N-dealkylation sites (tertiary alicyclic amines) is 1. The first-order valence-electron chi connectivity index (χ1n) is 8.07. The van der Waals surface area contributed by atoms with Gasteiger partial charge in [0.25, 0.3) is 5.91 Å². The van der Waals surface area contributed by atoms with Crippen molar-refractivity contribution in [1.29, 1.82) is 0 Å². The SMILES string of the molecule is CCc1ccc(C(=O)N2CC(C(=O)O)CC(c3cnn(C)c3)C2)s1. The number of hydrogen-bond donors (Lipinski definition) is 1. The molecule has 1 saturated heterocycles. The second-order valence-corrected chi connectivity index (χ2v) is 7.41. The molecule has 0 bridgehead atoms. The molecule has 1 aliphatic rings. The van der Waals surface area contributed by atoms with Crippen molar-refractivity contribution in [1.82, 2.24) is 14.7 Å². The van der Waals surface area contributed by atoms with Gasteiger partial charge in [0, 0.05) is 37.1 Å². The van der Waals surface area contributed by atoms with Gasteiger partial charge in [-0.15, -0.1) is 11.3 Å². The molecule has 0 spiro atoms. The number of amides is 1. The fourth-order valence-electron chi connectivity index (χ4n) is 3.18. The Bertz CT molecular complexity index is 752. The van der Waals surface area contributed by atoms with Crippen LogP contribution in [0.25, 0.3) is 0 Å². The van der Waals surface area contributed by atoms with Crippen LogP contribution in [0, 0.1) is 5.92 Å². The van der Waals surface area contributed by atoms with Crippen LogP contribution in [-0.2, 0) is 18.3 Å². The quantitative estimate of drug-likeness (QED) is 0.921. The van der Waals surface area contributed by atoms with Crippen LogP contribution in [0.3, 0.4) is 0 Å². The van der Waals surface area contributed by atoms with Crippen molar-refractivity contribution >= 4 is 23.2 Å². The molecule has 1 amide bonds. The van der Waals surface area contributed by atoms with Gasteiger partial charge in [0.05, 0.1) is 17.0 Å². The monoisotopic (exact) mass is 347 g/mol. The zero-order valence-corrected chi connectivity index (χ0v) is 14.6. The molecule has 1 fully saturated rings. The van der Waals surface area contributed by atoms with Crippen LogP contribution in [0.2, 0.25) is 0 Å².